The Kier molecular flexibility index (Phi) is 6.53. The first-order valence-corrected chi connectivity index (χ1v) is 13.7. The molecule has 0 fully saturated rings. The van der Waals surface area contributed by atoms with Crippen LogP contribution >= 0.6 is 0 Å². The van der Waals surface area contributed by atoms with Gasteiger partial charge in [0.1, 0.15) is 11.5 Å². The molecule has 0 spiro atoms. The van der Waals surface area contributed by atoms with Gasteiger partial charge in [0.2, 0.25) is 5.91 Å². The first-order valence-electron chi connectivity index (χ1n) is 10.8. The van der Waals surface area contributed by atoms with E-state index in [0.717, 1.165) is 22.4 Å². The van der Waals surface area contributed by atoms with E-state index in [1.165, 1.54) is 0 Å². The van der Waals surface area contributed by atoms with Crippen molar-refractivity contribution >= 4 is 14.2 Å². The van der Waals surface area contributed by atoms with E-state index in [2.05, 4.69) is 46.0 Å². The van der Waals surface area contributed by atoms with E-state index in [9.17, 15) is 4.79 Å². The topological polar surface area (TPSA) is 48.0 Å². The van der Waals surface area contributed by atoms with Gasteiger partial charge in [-0.25, -0.2) is 0 Å². The van der Waals surface area contributed by atoms with Gasteiger partial charge in [-0.05, 0) is 35.3 Å². The third-order valence-electron chi connectivity index (χ3n) is 6.66. The lowest BCUT2D eigenvalue weighted by molar-refractivity contribution is -0.132. The predicted molar refractivity (Wildman–Crippen MR) is 126 cm³/mol. The van der Waals surface area contributed by atoms with E-state index in [4.69, 9.17) is 13.9 Å². The molecule has 1 heterocycles. The van der Waals surface area contributed by atoms with Gasteiger partial charge in [-0.2, -0.15) is 0 Å². The van der Waals surface area contributed by atoms with Crippen LogP contribution in [0.15, 0.2) is 42.5 Å². The highest BCUT2D eigenvalue weighted by atomic mass is 28.4. The molecular formula is C25H35NO4Si. The van der Waals surface area contributed by atoms with Crippen LogP contribution in [-0.2, 0) is 9.22 Å². The van der Waals surface area contributed by atoms with Crippen molar-refractivity contribution in [2.45, 2.75) is 58.0 Å². The van der Waals surface area contributed by atoms with Crippen LogP contribution < -0.4 is 9.47 Å². The fourth-order valence-electron chi connectivity index (χ4n) is 3.93. The summed E-state index contributed by atoms with van der Waals surface area (Å²) in [5.41, 5.74) is 3.06. The molecule has 0 radical (unpaired) electrons. The van der Waals surface area contributed by atoms with Crippen LogP contribution in [0.25, 0.3) is 0 Å². The summed E-state index contributed by atoms with van der Waals surface area (Å²) in [6.07, 6.45) is -0.247. The zero-order valence-corrected chi connectivity index (χ0v) is 21.0. The van der Waals surface area contributed by atoms with Crippen LogP contribution in [-0.4, -0.2) is 39.9 Å². The third-order valence-corrected chi connectivity index (χ3v) is 11.1. The molecule has 0 saturated carbocycles. The van der Waals surface area contributed by atoms with Gasteiger partial charge >= 0.3 is 0 Å². The summed E-state index contributed by atoms with van der Waals surface area (Å²) in [5.74, 6) is 1.45. The molecule has 0 saturated heterocycles. The molecule has 2 aromatic carbocycles. The summed E-state index contributed by atoms with van der Waals surface area (Å²) in [7, 11) is 1.22. The van der Waals surface area contributed by atoms with Gasteiger partial charge in [0.15, 0.2) is 8.32 Å². The first kappa shape index (κ1) is 23.4. The van der Waals surface area contributed by atoms with Crippen molar-refractivity contribution in [3.05, 3.63) is 59.2 Å². The Morgan fingerprint density at radius 1 is 1.06 bits per heavy atom. The maximum absolute atomic E-state index is 12.8. The van der Waals surface area contributed by atoms with Crippen molar-refractivity contribution in [3.8, 4) is 11.5 Å². The Morgan fingerprint density at radius 2 is 1.71 bits per heavy atom. The van der Waals surface area contributed by atoms with Gasteiger partial charge in [-0.3, -0.25) is 4.79 Å². The zero-order valence-electron chi connectivity index (χ0n) is 20.0. The van der Waals surface area contributed by atoms with Crippen LogP contribution in [0.4, 0.5) is 0 Å². The van der Waals surface area contributed by atoms with E-state index in [1.807, 2.05) is 35.2 Å². The van der Waals surface area contributed by atoms with E-state index in [1.54, 1.807) is 21.1 Å². The summed E-state index contributed by atoms with van der Waals surface area (Å²) in [6.45, 7) is 13.3. The largest absolute Gasteiger partial charge is 0.497 e. The van der Waals surface area contributed by atoms with Crippen molar-refractivity contribution in [1.82, 2.24) is 4.90 Å². The molecule has 1 amide bonds. The van der Waals surface area contributed by atoms with Crippen molar-refractivity contribution in [3.63, 3.8) is 0 Å². The second-order valence-corrected chi connectivity index (χ2v) is 14.4. The summed E-state index contributed by atoms with van der Waals surface area (Å²) in [6, 6.07) is 13.8. The predicted octanol–water partition coefficient (Wildman–Crippen LogP) is 5.72. The van der Waals surface area contributed by atoms with Gasteiger partial charge in [0.25, 0.3) is 0 Å². The second-order valence-electron chi connectivity index (χ2n) is 9.68. The molecule has 0 aromatic heterocycles. The van der Waals surface area contributed by atoms with Gasteiger partial charge in [0, 0.05) is 18.6 Å². The van der Waals surface area contributed by atoms with E-state index in [0.29, 0.717) is 12.3 Å². The molecule has 1 aliphatic rings. The number of rotatable bonds is 5. The number of carbonyl (C=O) groups is 1. The van der Waals surface area contributed by atoms with Crippen LogP contribution in [0, 0.1) is 0 Å². The second kappa shape index (κ2) is 8.67. The van der Waals surface area contributed by atoms with Gasteiger partial charge in [0.05, 0.1) is 32.9 Å². The Bertz CT molecular complexity index is 937. The van der Waals surface area contributed by atoms with Gasteiger partial charge in [-0.1, -0.05) is 51.1 Å². The Labute approximate surface area is 187 Å². The zero-order chi connectivity index (χ0) is 23.0. The number of hydrogen-bond donors (Lipinski definition) is 0. The fraction of sp³-hybridized carbons (Fsp3) is 0.480. The number of methoxy groups -OCH3 is 2. The van der Waals surface area contributed by atoms with Crippen LogP contribution in [0.5, 0.6) is 11.5 Å². The smallest absolute Gasteiger partial charge is 0.220 e. The highest BCUT2D eigenvalue weighted by molar-refractivity contribution is 6.74. The minimum atomic E-state index is -2.10. The first-order chi connectivity index (χ1) is 14.5. The molecule has 0 aliphatic carbocycles. The maximum Gasteiger partial charge on any atom is 0.220 e. The fourth-order valence-corrected chi connectivity index (χ4v) is 5.20. The molecule has 1 aliphatic heterocycles. The van der Waals surface area contributed by atoms with Gasteiger partial charge in [-0.15, -0.1) is 0 Å². The highest BCUT2D eigenvalue weighted by Gasteiger charge is 2.44. The standard InChI is InChI=1S/C25H35NO4Si/c1-17(27)26-16-22(30-31(7,8)25(2,3)4)20-14-19(28-5)15-21(29-6)23(20)24(26)18-12-10-9-11-13-18/h9-15,22,24H,16H2,1-8H3/t22-,24?/m1/s1. The quantitative estimate of drug-likeness (QED) is 0.557. The normalized spacial score (nSPS) is 19.0. The van der Waals surface area contributed by atoms with Crippen molar-refractivity contribution < 1.29 is 18.7 Å². The minimum absolute atomic E-state index is 0.0150. The number of hydrogen-bond acceptors (Lipinski definition) is 4. The Hall–Kier alpha value is -2.31. The molecule has 6 heteroatoms. The maximum atomic E-state index is 12.8. The molecule has 0 N–H and O–H groups in total. The minimum Gasteiger partial charge on any atom is -0.497 e. The van der Waals surface area contributed by atoms with Crippen LogP contribution in [0.2, 0.25) is 18.1 Å². The van der Waals surface area contributed by atoms with E-state index >= 15 is 0 Å². The molecule has 168 valence electrons. The van der Waals surface area contributed by atoms with Crippen LogP contribution in [0.3, 0.4) is 0 Å². The monoisotopic (exact) mass is 441 g/mol. The number of ether oxygens (including phenoxy) is 2. The summed E-state index contributed by atoms with van der Waals surface area (Å²) < 4.78 is 18.3. The average molecular weight is 442 g/mol. The number of carbonyl (C=O) groups excluding carboxylic acids is 1. The molecule has 2 aromatic rings. The third kappa shape index (κ3) is 4.50. The number of nitrogens with zero attached hydrogens (tertiary/aromatic N) is 1. The lowest BCUT2D eigenvalue weighted by Crippen LogP contribution is -2.48. The molecule has 2 atom stereocenters. The molecule has 3 rings (SSSR count). The number of fused-ring (bicyclic) bond motifs is 1. The molecule has 1 unspecified atom stereocenters. The number of benzene rings is 2. The van der Waals surface area contributed by atoms with Crippen molar-refractivity contribution in [1.29, 1.82) is 0 Å². The van der Waals surface area contributed by atoms with Crippen molar-refractivity contribution in [2.75, 3.05) is 20.8 Å². The lowest BCUT2D eigenvalue weighted by atomic mass is 9.85. The summed E-state index contributed by atoms with van der Waals surface area (Å²) in [5, 5.41) is 0.0491. The summed E-state index contributed by atoms with van der Waals surface area (Å²) >= 11 is 0. The lowest BCUT2D eigenvalue weighted by Gasteiger charge is -2.46. The van der Waals surface area contributed by atoms with Crippen LogP contribution in [0.1, 0.15) is 56.5 Å². The molecule has 5 nitrogen and oxygen atoms in total. The Balaban J connectivity index is 2.24. The summed E-state index contributed by atoms with van der Waals surface area (Å²) in [4.78, 5) is 14.7. The Morgan fingerprint density at radius 3 is 2.23 bits per heavy atom. The SMILES string of the molecule is COc1cc(OC)c2c(c1)[C@H](O[Si](C)(C)C(C)(C)C)CN(C(C)=O)C2c1ccccc1. The molecular weight excluding hydrogens is 406 g/mol. The van der Waals surface area contributed by atoms with Gasteiger partial charge < -0.3 is 18.8 Å². The number of amides is 1. The van der Waals surface area contributed by atoms with E-state index < -0.39 is 8.32 Å². The van der Waals surface area contributed by atoms with E-state index in [-0.39, 0.29) is 23.1 Å². The molecule has 31 heavy (non-hydrogen) atoms. The highest BCUT2D eigenvalue weighted by Crippen LogP contribution is 2.49. The molecule has 0 bridgehead atoms. The van der Waals surface area contributed by atoms with Crippen molar-refractivity contribution in [2.24, 2.45) is 0 Å². The average Bonchev–Trinajstić information content (AvgIpc) is 2.72.